The average Bonchev–Trinajstić information content (AvgIpc) is 1.82. The largest absolute Gasteiger partial charge is 0.265 e. The van der Waals surface area contributed by atoms with Crippen molar-refractivity contribution in [3.8, 4) is 6.07 Å². The van der Waals surface area contributed by atoms with Crippen LogP contribution in [0, 0.1) is 32.3 Å². The summed E-state index contributed by atoms with van der Waals surface area (Å²) in [7, 11) is 0. The Morgan fingerprint density at radius 3 is 2.08 bits per heavy atom. The third-order valence-corrected chi connectivity index (χ3v) is 2.76. The monoisotopic (exact) mass is 184 g/mol. The van der Waals surface area contributed by atoms with E-state index in [1.807, 2.05) is 26.8 Å². The molecule has 0 amide bonds. The molecule has 0 aliphatic rings. The van der Waals surface area contributed by atoms with Crippen LogP contribution in [-0.4, -0.2) is 11.5 Å². The zero-order valence-corrected chi connectivity index (χ0v) is 8.63. The summed E-state index contributed by atoms with van der Waals surface area (Å²) in [6.45, 7) is 7.42. The van der Waals surface area contributed by atoms with Crippen LogP contribution in [0.15, 0.2) is 0 Å². The normalized spacial score (nSPS) is 15.9. The van der Waals surface area contributed by atoms with Gasteiger partial charge in [0.05, 0.1) is 6.07 Å². The van der Waals surface area contributed by atoms with Crippen molar-refractivity contribution < 1.29 is 4.92 Å². The van der Waals surface area contributed by atoms with E-state index >= 15 is 0 Å². The molecule has 13 heavy (non-hydrogen) atoms. The van der Waals surface area contributed by atoms with Gasteiger partial charge in [-0.05, 0) is 5.41 Å². The lowest BCUT2D eigenvalue weighted by atomic mass is 9.66. The first-order valence-corrected chi connectivity index (χ1v) is 4.22. The van der Waals surface area contributed by atoms with Crippen LogP contribution in [0.3, 0.4) is 0 Å². The molecule has 0 aromatic heterocycles. The average molecular weight is 184 g/mol. The van der Waals surface area contributed by atoms with Crippen LogP contribution in [-0.2, 0) is 0 Å². The van der Waals surface area contributed by atoms with Crippen LogP contribution in [0.2, 0.25) is 0 Å². The smallest absolute Gasteiger partial charge is 0.210 e. The second-order valence-corrected chi connectivity index (χ2v) is 4.64. The molecule has 0 saturated carbocycles. The minimum Gasteiger partial charge on any atom is -0.265 e. The van der Waals surface area contributed by atoms with E-state index in [0.29, 0.717) is 0 Å². The Morgan fingerprint density at radius 1 is 1.38 bits per heavy atom. The summed E-state index contributed by atoms with van der Waals surface area (Å²) in [4.78, 5) is 10.1. The minimum atomic E-state index is -0.550. The Bertz CT molecular complexity index is 237. The van der Waals surface area contributed by atoms with Crippen LogP contribution >= 0.6 is 0 Å². The molecule has 0 fully saturated rings. The van der Waals surface area contributed by atoms with Crippen molar-refractivity contribution in [3.63, 3.8) is 0 Å². The Kier molecular flexibility index (Phi) is 3.42. The van der Waals surface area contributed by atoms with Crippen LogP contribution in [0.5, 0.6) is 0 Å². The highest BCUT2D eigenvalue weighted by molar-refractivity contribution is 4.93. The summed E-state index contributed by atoms with van der Waals surface area (Å²) in [6, 6.07) is 2.02. The fourth-order valence-electron chi connectivity index (χ4n) is 1.02. The van der Waals surface area contributed by atoms with Crippen LogP contribution < -0.4 is 0 Å². The molecule has 0 bridgehead atoms. The predicted molar refractivity (Wildman–Crippen MR) is 49.7 cm³/mol. The van der Waals surface area contributed by atoms with Crippen molar-refractivity contribution >= 4 is 0 Å². The lowest BCUT2D eigenvalue weighted by Crippen LogP contribution is -2.38. The van der Waals surface area contributed by atoms with Crippen LogP contribution in [0.25, 0.3) is 0 Å². The van der Waals surface area contributed by atoms with Gasteiger partial charge in [0.2, 0.25) is 6.54 Å². The summed E-state index contributed by atoms with van der Waals surface area (Å²) >= 11 is 0. The third-order valence-electron chi connectivity index (χ3n) is 2.76. The maximum Gasteiger partial charge on any atom is 0.210 e. The van der Waals surface area contributed by atoms with Crippen molar-refractivity contribution in [3.05, 3.63) is 10.1 Å². The van der Waals surface area contributed by atoms with E-state index in [9.17, 15) is 10.1 Å². The van der Waals surface area contributed by atoms with Crippen molar-refractivity contribution in [2.24, 2.45) is 10.8 Å². The molecule has 0 saturated heterocycles. The molecular weight excluding hydrogens is 168 g/mol. The number of nitro groups is 1. The number of nitriles is 1. The summed E-state index contributed by atoms with van der Waals surface area (Å²) in [5.74, 6) is 0. The van der Waals surface area contributed by atoms with Gasteiger partial charge in [-0.1, -0.05) is 27.7 Å². The van der Waals surface area contributed by atoms with E-state index in [0.717, 1.165) is 0 Å². The molecule has 0 aromatic rings. The standard InChI is InChI=1S/C9H16N2O2/c1-8(2,3)9(4,5-6-10)7-11(12)13/h5,7H2,1-4H3. The van der Waals surface area contributed by atoms with Crippen molar-refractivity contribution in [1.82, 2.24) is 0 Å². The molecule has 0 rings (SSSR count). The van der Waals surface area contributed by atoms with Gasteiger partial charge >= 0.3 is 0 Å². The van der Waals surface area contributed by atoms with Gasteiger partial charge in [0, 0.05) is 16.8 Å². The molecule has 0 N–H and O–H groups in total. The highest BCUT2D eigenvalue weighted by Gasteiger charge is 2.41. The quantitative estimate of drug-likeness (QED) is 0.499. The predicted octanol–water partition coefficient (Wildman–Crippen LogP) is 2.23. The van der Waals surface area contributed by atoms with Crippen molar-refractivity contribution in [2.45, 2.75) is 34.1 Å². The molecule has 0 heterocycles. The molecule has 0 aliphatic carbocycles. The molecule has 0 spiro atoms. The van der Waals surface area contributed by atoms with Gasteiger partial charge < -0.3 is 0 Å². The maximum atomic E-state index is 10.4. The van der Waals surface area contributed by atoms with Gasteiger partial charge in [-0.3, -0.25) is 10.1 Å². The first-order valence-electron chi connectivity index (χ1n) is 4.22. The van der Waals surface area contributed by atoms with E-state index < -0.39 is 5.41 Å². The van der Waals surface area contributed by atoms with E-state index in [-0.39, 0.29) is 23.3 Å². The number of rotatable bonds is 3. The highest BCUT2D eigenvalue weighted by atomic mass is 16.6. The number of hydrogen-bond donors (Lipinski definition) is 0. The fraction of sp³-hybridized carbons (Fsp3) is 0.889. The van der Waals surface area contributed by atoms with Gasteiger partial charge in [-0.25, -0.2) is 0 Å². The van der Waals surface area contributed by atoms with Gasteiger partial charge in [0.25, 0.3) is 0 Å². The molecule has 0 radical (unpaired) electrons. The van der Waals surface area contributed by atoms with Gasteiger partial charge in [0.1, 0.15) is 0 Å². The van der Waals surface area contributed by atoms with Crippen molar-refractivity contribution in [2.75, 3.05) is 6.54 Å². The fourth-order valence-corrected chi connectivity index (χ4v) is 1.02. The van der Waals surface area contributed by atoms with E-state index in [1.54, 1.807) is 6.92 Å². The maximum absolute atomic E-state index is 10.4. The lowest BCUT2D eigenvalue weighted by molar-refractivity contribution is -0.501. The third kappa shape index (κ3) is 3.02. The first kappa shape index (κ1) is 11.9. The zero-order chi connectivity index (χ0) is 10.7. The molecular formula is C9H16N2O2. The molecule has 0 aliphatic heterocycles. The lowest BCUT2D eigenvalue weighted by Gasteiger charge is -2.36. The molecule has 4 nitrogen and oxygen atoms in total. The van der Waals surface area contributed by atoms with E-state index in [4.69, 9.17) is 5.26 Å². The van der Waals surface area contributed by atoms with Crippen LogP contribution in [0.4, 0.5) is 0 Å². The van der Waals surface area contributed by atoms with Gasteiger partial charge in [0.15, 0.2) is 0 Å². The Morgan fingerprint density at radius 2 is 1.85 bits per heavy atom. The Hall–Kier alpha value is -1.11. The minimum absolute atomic E-state index is 0.149. The molecule has 4 heteroatoms. The molecule has 0 aromatic carbocycles. The molecule has 74 valence electrons. The summed E-state index contributed by atoms with van der Waals surface area (Å²) in [6.07, 6.45) is 0.220. The second kappa shape index (κ2) is 3.73. The first-order chi connectivity index (χ1) is 5.73. The van der Waals surface area contributed by atoms with E-state index in [2.05, 4.69) is 0 Å². The second-order valence-electron chi connectivity index (χ2n) is 4.64. The number of hydrogen-bond acceptors (Lipinski definition) is 3. The van der Waals surface area contributed by atoms with Crippen molar-refractivity contribution in [1.29, 1.82) is 5.26 Å². The van der Waals surface area contributed by atoms with Gasteiger partial charge in [-0.2, -0.15) is 5.26 Å². The molecule has 1 atom stereocenters. The zero-order valence-electron chi connectivity index (χ0n) is 8.63. The summed E-state index contributed by atoms with van der Waals surface area (Å²) in [5.41, 5.74) is -0.777. The van der Waals surface area contributed by atoms with Crippen LogP contribution in [0.1, 0.15) is 34.1 Å². The van der Waals surface area contributed by atoms with Gasteiger partial charge in [-0.15, -0.1) is 0 Å². The topological polar surface area (TPSA) is 66.9 Å². The Balaban J connectivity index is 4.75. The number of nitrogens with zero attached hydrogens (tertiary/aromatic N) is 2. The SMILES string of the molecule is CC(C)(C)C(C)(CC#N)C[N+](=O)[O-]. The summed E-state index contributed by atoms with van der Waals surface area (Å²) in [5, 5.41) is 19.0. The summed E-state index contributed by atoms with van der Waals surface area (Å²) < 4.78 is 0. The highest BCUT2D eigenvalue weighted by Crippen LogP contribution is 2.41. The van der Waals surface area contributed by atoms with E-state index in [1.165, 1.54) is 0 Å². The molecule has 1 unspecified atom stereocenters. The Labute approximate surface area is 78.7 Å².